The van der Waals surface area contributed by atoms with Crippen LogP contribution < -0.4 is 0 Å². The van der Waals surface area contributed by atoms with E-state index in [2.05, 4.69) is 35.8 Å². The smallest absolute Gasteiger partial charge is 0.184 e. The molecule has 0 aliphatic rings. The Morgan fingerprint density at radius 3 is 2.22 bits per heavy atom. The Morgan fingerprint density at radius 2 is 1.72 bits per heavy atom. The van der Waals surface area contributed by atoms with Gasteiger partial charge in [-0.2, -0.15) is 5.10 Å². The quantitative estimate of drug-likeness (QED) is 0.808. The van der Waals surface area contributed by atoms with Crippen molar-refractivity contribution in [2.75, 3.05) is 0 Å². The molecule has 18 heavy (non-hydrogen) atoms. The Bertz CT molecular complexity index is 446. The van der Waals surface area contributed by atoms with E-state index in [-0.39, 0.29) is 0 Å². The van der Waals surface area contributed by atoms with Crippen molar-refractivity contribution < 1.29 is 0 Å². The monoisotopic (exact) mass is 250 g/mol. The molecule has 2 aromatic rings. The number of aryl methyl sites for hydroxylation is 1. The van der Waals surface area contributed by atoms with Crippen LogP contribution in [0.5, 0.6) is 0 Å². The zero-order valence-electron chi connectivity index (χ0n) is 12.7. The van der Waals surface area contributed by atoms with Crippen molar-refractivity contribution in [2.45, 2.75) is 60.9 Å². The van der Waals surface area contributed by atoms with Crippen LogP contribution in [-0.2, 0) is 6.42 Å². The number of fused-ring (bicyclic) bond motifs is 1. The van der Waals surface area contributed by atoms with Gasteiger partial charge in [0.05, 0.1) is 11.1 Å². The average molecular weight is 250 g/mol. The highest BCUT2D eigenvalue weighted by Crippen LogP contribution is 2.15. The van der Waals surface area contributed by atoms with Crippen LogP contribution in [0.2, 0.25) is 0 Å². The highest BCUT2D eigenvalue weighted by Gasteiger charge is 2.07. The summed E-state index contributed by atoms with van der Waals surface area (Å²) in [5.74, 6) is 0. The molecule has 0 unspecified atom stereocenters. The van der Waals surface area contributed by atoms with E-state index in [9.17, 15) is 0 Å². The van der Waals surface area contributed by atoms with Gasteiger partial charge in [0.2, 0.25) is 0 Å². The highest BCUT2D eigenvalue weighted by atomic mass is 15.3. The van der Waals surface area contributed by atoms with E-state index < -0.39 is 0 Å². The fourth-order valence-corrected chi connectivity index (χ4v) is 1.45. The summed E-state index contributed by atoms with van der Waals surface area (Å²) >= 11 is 0. The van der Waals surface area contributed by atoms with Crippen molar-refractivity contribution in [3.05, 3.63) is 18.2 Å². The maximum Gasteiger partial charge on any atom is 0.184 e. The third-order valence-electron chi connectivity index (χ3n) is 2.28. The second-order valence-corrected chi connectivity index (χ2v) is 3.61. The molecule has 0 fully saturated rings. The van der Waals surface area contributed by atoms with Gasteiger partial charge in [-0.25, -0.2) is 9.97 Å². The van der Waals surface area contributed by atoms with E-state index >= 15 is 0 Å². The molecular formula is C14H26N4. The molecule has 0 atom stereocenters. The fraction of sp³-hybridized carbons (Fsp3) is 0.643. The lowest BCUT2D eigenvalue weighted by molar-refractivity contribution is 0.536. The zero-order valence-corrected chi connectivity index (χ0v) is 12.7. The lowest BCUT2D eigenvalue weighted by atomic mass is 10.2. The lowest BCUT2D eigenvalue weighted by Crippen LogP contribution is -2.00. The summed E-state index contributed by atoms with van der Waals surface area (Å²) in [6.07, 6.45) is 4.53. The lowest BCUT2D eigenvalue weighted by Gasteiger charge is -2.01. The molecule has 2 heterocycles. The standard InChI is InChI=1S/C10H14N4.2C2H6/c1-4-9-8-5-14(7(2)3)13-10(8)12-6-11-9;2*1-2/h5-7H,4H2,1-3H3;2*1-2H3. The first-order chi connectivity index (χ1) is 8.72. The van der Waals surface area contributed by atoms with E-state index in [4.69, 9.17) is 0 Å². The van der Waals surface area contributed by atoms with Crippen LogP contribution in [0.25, 0.3) is 11.0 Å². The van der Waals surface area contributed by atoms with Gasteiger partial charge in [0.1, 0.15) is 6.33 Å². The largest absolute Gasteiger partial charge is 0.267 e. The Morgan fingerprint density at radius 1 is 1.11 bits per heavy atom. The molecule has 0 spiro atoms. The van der Waals surface area contributed by atoms with Crippen LogP contribution in [-0.4, -0.2) is 19.7 Å². The topological polar surface area (TPSA) is 43.6 Å². The molecule has 4 nitrogen and oxygen atoms in total. The molecule has 2 rings (SSSR count). The summed E-state index contributed by atoms with van der Waals surface area (Å²) in [4.78, 5) is 8.38. The molecule has 0 radical (unpaired) electrons. The van der Waals surface area contributed by atoms with Crippen LogP contribution in [0.3, 0.4) is 0 Å². The normalized spacial score (nSPS) is 9.56. The van der Waals surface area contributed by atoms with Crippen molar-refractivity contribution in [3.8, 4) is 0 Å². The van der Waals surface area contributed by atoms with Gasteiger partial charge in [0, 0.05) is 12.2 Å². The second kappa shape index (κ2) is 8.61. The van der Waals surface area contributed by atoms with Crippen LogP contribution >= 0.6 is 0 Å². The first-order valence-electron chi connectivity index (χ1n) is 6.91. The molecule has 2 aromatic heterocycles. The number of aromatic nitrogens is 4. The van der Waals surface area contributed by atoms with Gasteiger partial charge in [-0.15, -0.1) is 0 Å². The summed E-state index contributed by atoms with van der Waals surface area (Å²) in [7, 11) is 0. The molecule has 102 valence electrons. The maximum absolute atomic E-state index is 4.39. The summed E-state index contributed by atoms with van der Waals surface area (Å²) in [6.45, 7) is 14.3. The highest BCUT2D eigenvalue weighted by molar-refractivity contribution is 5.76. The number of nitrogens with zero attached hydrogens (tertiary/aromatic N) is 4. The summed E-state index contributed by atoms with van der Waals surface area (Å²) in [5, 5.41) is 5.46. The molecular weight excluding hydrogens is 224 g/mol. The third-order valence-corrected chi connectivity index (χ3v) is 2.28. The van der Waals surface area contributed by atoms with E-state index in [1.807, 2.05) is 38.6 Å². The maximum atomic E-state index is 4.39. The van der Waals surface area contributed by atoms with Crippen LogP contribution in [0, 0.1) is 0 Å². The Balaban J connectivity index is 0.000000659. The van der Waals surface area contributed by atoms with Crippen molar-refractivity contribution in [1.82, 2.24) is 19.7 Å². The van der Waals surface area contributed by atoms with Gasteiger partial charge < -0.3 is 0 Å². The average Bonchev–Trinajstić information content (AvgIpc) is 2.87. The second-order valence-electron chi connectivity index (χ2n) is 3.61. The summed E-state index contributed by atoms with van der Waals surface area (Å²) in [5.41, 5.74) is 1.87. The van der Waals surface area contributed by atoms with E-state index in [0.29, 0.717) is 6.04 Å². The first kappa shape index (κ1) is 16.6. The van der Waals surface area contributed by atoms with Crippen LogP contribution in [0.15, 0.2) is 12.5 Å². The molecule has 0 amide bonds. The van der Waals surface area contributed by atoms with Gasteiger partial charge in [-0.3, -0.25) is 4.68 Å². The van der Waals surface area contributed by atoms with E-state index in [1.54, 1.807) is 6.33 Å². The van der Waals surface area contributed by atoms with Gasteiger partial charge in [0.15, 0.2) is 5.65 Å². The summed E-state index contributed by atoms with van der Waals surface area (Å²) in [6, 6.07) is 0.369. The van der Waals surface area contributed by atoms with Crippen molar-refractivity contribution in [3.63, 3.8) is 0 Å². The van der Waals surface area contributed by atoms with Crippen molar-refractivity contribution in [2.24, 2.45) is 0 Å². The molecule has 0 aromatic carbocycles. The Kier molecular flexibility index (Phi) is 7.92. The number of hydrogen-bond acceptors (Lipinski definition) is 3. The fourth-order valence-electron chi connectivity index (χ4n) is 1.45. The molecule has 0 saturated carbocycles. The van der Waals surface area contributed by atoms with E-state index in [0.717, 1.165) is 23.1 Å². The molecule has 0 aliphatic heterocycles. The Hall–Kier alpha value is -1.45. The third kappa shape index (κ3) is 3.79. The van der Waals surface area contributed by atoms with E-state index in [1.165, 1.54) is 0 Å². The predicted octanol–water partition coefficient (Wildman–Crippen LogP) is 4.02. The minimum absolute atomic E-state index is 0.369. The molecule has 0 N–H and O–H groups in total. The van der Waals surface area contributed by atoms with Crippen molar-refractivity contribution >= 4 is 11.0 Å². The minimum atomic E-state index is 0.369. The summed E-state index contributed by atoms with van der Waals surface area (Å²) < 4.78 is 1.93. The zero-order chi connectivity index (χ0) is 14.1. The van der Waals surface area contributed by atoms with Crippen LogP contribution in [0.1, 0.15) is 60.2 Å². The first-order valence-corrected chi connectivity index (χ1v) is 6.91. The minimum Gasteiger partial charge on any atom is -0.267 e. The number of rotatable bonds is 2. The van der Waals surface area contributed by atoms with Gasteiger partial charge in [-0.05, 0) is 20.3 Å². The molecule has 0 saturated heterocycles. The number of hydrogen-bond donors (Lipinski definition) is 0. The van der Waals surface area contributed by atoms with Gasteiger partial charge >= 0.3 is 0 Å². The van der Waals surface area contributed by atoms with Crippen molar-refractivity contribution in [1.29, 1.82) is 0 Å². The Labute approximate surface area is 110 Å². The van der Waals surface area contributed by atoms with Gasteiger partial charge in [-0.1, -0.05) is 34.6 Å². The van der Waals surface area contributed by atoms with Crippen LogP contribution in [0.4, 0.5) is 0 Å². The predicted molar refractivity (Wildman–Crippen MR) is 77.8 cm³/mol. The molecule has 0 aliphatic carbocycles. The molecule has 0 bridgehead atoms. The van der Waals surface area contributed by atoms with Gasteiger partial charge in [0.25, 0.3) is 0 Å². The SMILES string of the molecule is CC.CC.CCc1ncnc2nn(C(C)C)cc12. The molecule has 4 heteroatoms.